The molecule has 3 rings (SSSR count). The quantitative estimate of drug-likeness (QED) is 0.308. The third-order valence-corrected chi connectivity index (χ3v) is 7.34. The third kappa shape index (κ3) is 7.37. The van der Waals surface area contributed by atoms with Crippen molar-refractivity contribution in [3.8, 4) is 11.8 Å². The lowest BCUT2D eigenvalue weighted by atomic mass is 9.70. The molecular formula is C29H42. The minimum absolute atomic E-state index is 0.926. The summed E-state index contributed by atoms with van der Waals surface area (Å²) >= 11 is 0. The van der Waals surface area contributed by atoms with Gasteiger partial charge in [-0.3, -0.25) is 0 Å². The lowest BCUT2D eigenvalue weighted by Gasteiger charge is -2.35. The van der Waals surface area contributed by atoms with Crippen molar-refractivity contribution >= 4 is 0 Å². The summed E-state index contributed by atoms with van der Waals surface area (Å²) in [5, 5.41) is 0. The van der Waals surface area contributed by atoms with Crippen LogP contribution in [0.25, 0.3) is 0 Å². The van der Waals surface area contributed by atoms with Crippen molar-refractivity contribution in [2.45, 2.75) is 104 Å². The van der Waals surface area contributed by atoms with E-state index in [9.17, 15) is 0 Å². The number of benzene rings is 1. The predicted molar refractivity (Wildman–Crippen MR) is 127 cm³/mol. The van der Waals surface area contributed by atoms with Gasteiger partial charge < -0.3 is 0 Å². The van der Waals surface area contributed by atoms with Gasteiger partial charge in [-0.15, -0.1) is 0 Å². The highest BCUT2D eigenvalue weighted by molar-refractivity contribution is 5.42. The molecular weight excluding hydrogens is 348 g/mol. The summed E-state index contributed by atoms with van der Waals surface area (Å²) in [6, 6.07) is 8.84. The molecule has 158 valence electrons. The lowest BCUT2D eigenvalue weighted by Crippen LogP contribution is -2.23. The zero-order chi connectivity index (χ0) is 20.3. The summed E-state index contributed by atoms with van der Waals surface area (Å²) in [6.45, 7) is 4.54. The Kier molecular flexibility index (Phi) is 9.40. The van der Waals surface area contributed by atoms with E-state index in [0.29, 0.717) is 0 Å². The highest BCUT2D eigenvalue weighted by atomic mass is 14.3. The van der Waals surface area contributed by atoms with Gasteiger partial charge >= 0.3 is 0 Å². The number of allylic oxidation sites excluding steroid dienone is 2. The molecule has 0 radical (unpaired) electrons. The first kappa shape index (κ1) is 22.2. The molecule has 1 atom stereocenters. The summed E-state index contributed by atoms with van der Waals surface area (Å²) in [5.41, 5.74) is 3.96. The summed E-state index contributed by atoms with van der Waals surface area (Å²) < 4.78 is 0. The number of hydrogen-bond donors (Lipinski definition) is 0. The van der Waals surface area contributed by atoms with Crippen molar-refractivity contribution in [3.63, 3.8) is 0 Å². The van der Waals surface area contributed by atoms with Crippen LogP contribution in [-0.4, -0.2) is 0 Å². The van der Waals surface area contributed by atoms with E-state index in [2.05, 4.69) is 56.0 Å². The third-order valence-electron chi connectivity index (χ3n) is 7.34. The largest absolute Gasteiger partial charge is 0.0726 e. The SMILES string of the molecule is CCCCCCC1CCC(C2CC=C(C#Cc3ccc(CCC)cc3)CC2)CC1. The molecule has 0 heteroatoms. The van der Waals surface area contributed by atoms with Crippen LogP contribution in [0.5, 0.6) is 0 Å². The first-order valence-electron chi connectivity index (χ1n) is 12.6. The lowest BCUT2D eigenvalue weighted by molar-refractivity contribution is 0.186. The fourth-order valence-corrected chi connectivity index (χ4v) is 5.40. The molecule has 2 aliphatic carbocycles. The predicted octanol–water partition coefficient (Wildman–Crippen LogP) is 8.49. The van der Waals surface area contributed by atoms with Gasteiger partial charge in [0.1, 0.15) is 0 Å². The van der Waals surface area contributed by atoms with Crippen LogP contribution in [0.15, 0.2) is 35.9 Å². The topological polar surface area (TPSA) is 0 Å². The van der Waals surface area contributed by atoms with Gasteiger partial charge in [0, 0.05) is 5.56 Å². The van der Waals surface area contributed by atoms with Crippen molar-refractivity contribution in [2.75, 3.05) is 0 Å². The maximum atomic E-state index is 3.46. The molecule has 2 aliphatic rings. The van der Waals surface area contributed by atoms with Gasteiger partial charge in [-0.05, 0) is 79.5 Å². The Morgan fingerprint density at radius 3 is 2.24 bits per heavy atom. The Hall–Kier alpha value is -1.48. The summed E-state index contributed by atoms with van der Waals surface area (Å²) in [6.07, 6.45) is 21.9. The molecule has 0 spiro atoms. The van der Waals surface area contributed by atoms with Crippen LogP contribution in [-0.2, 0) is 6.42 Å². The van der Waals surface area contributed by atoms with Crippen LogP contribution in [0, 0.1) is 29.6 Å². The van der Waals surface area contributed by atoms with Gasteiger partial charge in [0.2, 0.25) is 0 Å². The second-order valence-corrected chi connectivity index (χ2v) is 9.59. The first-order chi connectivity index (χ1) is 14.3. The molecule has 1 aromatic carbocycles. The van der Waals surface area contributed by atoms with Gasteiger partial charge in [-0.1, -0.05) is 95.3 Å². The Morgan fingerprint density at radius 2 is 1.59 bits per heavy atom. The standard InChI is InChI=1S/C29H42/c1-3-5-6-7-9-25-16-20-28(21-17-25)29-22-18-27(19-23-29)15-14-26-12-10-24(8-4-2)11-13-26/h10-13,18,25,28-29H,3-9,16-17,19-23H2,1-2H3. The number of unbranched alkanes of at least 4 members (excludes halogenated alkanes) is 3. The van der Waals surface area contributed by atoms with Gasteiger partial charge in [-0.25, -0.2) is 0 Å². The molecule has 0 saturated heterocycles. The van der Waals surface area contributed by atoms with Crippen LogP contribution >= 0.6 is 0 Å². The zero-order valence-electron chi connectivity index (χ0n) is 19.0. The molecule has 0 aromatic heterocycles. The molecule has 0 nitrogen and oxygen atoms in total. The highest BCUT2D eigenvalue weighted by Gasteiger charge is 2.28. The molecule has 1 fully saturated rings. The monoisotopic (exact) mass is 390 g/mol. The Balaban J connectivity index is 1.41. The van der Waals surface area contributed by atoms with Crippen molar-refractivity contribution in [2.24, 2.45) is 17.8 Å². The summed E-state index contributed by atoms with van der Waals surface area (Å²) in [5.74, 6) is 9.80. The minimum atomic E-state index is 0.926. The van der Waals surface area contributed by atoms with Crippen LogP contribution in [0.3, 0.4) is 0 Å². The molecule has 1 aromatic rings. The summed E-state index contributed by atoms with van der Waals surface area (Å²) in [7, 11) is 0. The van der Waals surface area contributed by atoms with Crippen LogP contribution in [0.1, 0.15) is 108 Å². The molecule has 0 N–H and O–H groups in total. The van der Waals surface area contributed by atoms with Crippen LogP contribution < -0.4 is 0 Å². The fourth-order valence-electron chi connectivity index (χ4n) is 5.40. The van der Waals surface area contributed by atoms with Gasteiger partial charge in [0.15, 0.2) is 0 Å². The highest BCUT2D eigenvalue weighted by Crippen LogP contribution is 2.40. The molecule has 0 amide bonds. The van der Waals surface area contributed by atoms with E-state index in [-0.39, 0.29) is 0 Å². The molecule has 0 heterocycles. The minimum Gasteiger partial charge on any atom is -0.0726 e. The molecule has 29 heavy (non-hydrogen) atoms. The Bertz CT molecular complexity index is 673. The zero-order valence-corrected chi connectivity index (χ0v) is 19.0. The summed E-state index contributed by atoms with van der Waals surface area (Å²) in [4.78, 5) is 0. The maximum Gasteiger partial charge on any atom is 0.0249 e. The van der Waals surface area contributed by atoms with Crippen molar-refractivity contribution in [1.29, 1.82) is 0 Å². The van der Waals surface area contributed by atoms with E-state index < -0.39 is 0 Å². The van der Waals surface area contributed by atoms with E-state index in [1.807, 2.05) is 0 Å². The smallest absolute Gasteiger partial charge is 0.0249 e. The molecule has 0 aliphatic heterocycles. The number of aryl methyl sites for hydroxylation is 1. The average molecular weight is 391 g/mol. The molecule has 1 saturated carbocycles. The van der Waals surface area contributed by atoms with E-state index >= 15 is 0 Å². The van der Waals surface area contributed by atoms with E-state index in [4.69, 9.17) is 0 Å². The Morgan fingerprint density at radius 1 is 0.793 bits per heavy atom. The normalized spacial score (nSPS) is 24.5. The number of rotatable bonds is 8. The second-order valence-electron chi connectivity index (χ2n) is 9.59. The van der Waals surface area contributed by atoms with Crippen molar-refractivity contribution in [1.82, 2.24) is 0 Å². The second kappa shape index (κ2) is 12.3. The van der Waals surface area contributed by atoms with Gasteiger partial charge in [-0.2, -0.15) is 0 Å². The van der Waals surface area contributed by atoms with Crippen molar-refractivity contribution in [3.05, 3.63) is 47.0 Å². The first-order valence-corrected chi connectivity index (χ1v) is 12.6. The fraction of sp³-hybridized carbons (Fsp3) is 0.655. The molecule has 1 unspecified atom stereocenters. The van der Waals surface area contributed by atoms with Gasteiger partial charge in [0.05, 0.1) is 0 Å². The van der Waals surface area contributed by atoms with Crippen LogP contribution in [0.2, 0.25) is 0 Å². The number of hydrogen-bond acceptors (Lipinski definition) is 0. The van der Waals surface area contributed by atoms with E-state index in [0.717, 1.165) is 23.3 Å². The Labute approximate surface area is 180 Å². The van der Waals surface area contributed by atoms with Crippen molar-refractivity contribution < 1.29 is 0 Å². The average Bonchev–Trinajstić information content (AvgIpc) is 2.77. The maximum absolute atomic E-state index is 3.46. The van der Waals surface area contributed by atoms with E-state index in [1.165, 1.54) is 101 Å². The van der Waals surface area contributed by atoms with Crippen LogP contribution in [0.4, 0.5) is 0 Å². The van der Waals surface area contributed by atoms with Gasteiger partial charge in [0.25, 0.3) is 0 Å². The van der Waals surface area contributed by atoms with E-state index in [1.54, 1.807) is 0 Å². The molecule has 0 bridgehead atoms.